The lowest BCUT2D eigenvalue weighted by Gasteiger charge is -2.13. The number of ether oxygens (including phenoxy) is 1. The molecule has 3 nitrogen and oxygen atoms in total. The zero-order valence-electron chi connectivity index (χ0n) is 13.6. The van der Waals surface area contributed by atoms with Crippen molar-refractivity contribution in [3.8, 4) is 11.8 Å². The van der Waals surface area contributed by atoms with Crippen molar-refractivity contribution in [2.24, 2.45) is 0 Å². The Morgan fingerprint density at radius 3 is 2.23 bits per heavy atom. The second kappa shape index (κ2) is 8.50. The number of nitriles is 1. The van der Waals surface area contributed by atoms with E-state index in [1.165, 1.54) is 37.4 Å². The first-order valence-corrected chi connectivity index (χ1v) is 8.22. The molecule has 2 aromatic rings. The Bertz CT molecular complexity index is 851. The smallest absolute Gasteiger partial charge is 0.418 e. The number of aliphatic hydroxyl groups excluding tert-OH is 1. The molecule has 0 atom stereocenters. The molecule has 0 aliphatic heterocycles. The van der Waals surface area contributed by atoms with E-state index in [-0.39, 0.29) is 5.56 Å². The van der Waals surface area contributed by atoms with Crippen LogP contribution in [0.5, 0.6) is 5.75 Å². The molecule has 0 aliphatic rings. The van der Waals surface area contributed by atoms with Crippen molar-refractivity contribution in [1.82, 2.24) is 0 Å². The molecule has 0 fully saturated rings. The average Bonchev–Trinajstić information content (AvgIpc) is 2.64. The summed E-state index contributed by atoms with van der Waals surface area (Å²) in [6, 6.07) is 15.6. The van der Waals surface area contributed by atoms with Gasteiger partial charge in [-0.15, -0.1) is 0 Å². The summed E-state index contributed by atoms with van der Waals surface area (Å²) in [5.74, 6) is -0.265. The van der Waals surface area contributed by atoms with E-state index in [2.05, 4.69) is 0 Å². The molecule has 0 radical (unpaired) electrons. The average molecular weight is 377 g/mol. The Morgan fingerprint density at radius 2 is 1.73 bits per heavy atom. The van der Waals surface area contributed by atoms with Gasteiger partial charge < -0.3 is 9.84 Å². The van der Waals surface area contributed by atoms with Gasteiger partial charge in [-0.1, -0.05) is 30.0 Å². The third-order valence-corrected chi connectivity index (χ3v) is 4.24. The van der Waals surface area contributed by atoms with E-state index in [4.69, 9.17) is 4.74 Å². The minimum absolute atomic E-state index is 0.0854. The maximum absolute atomic E-state index is 13.5. The highest BCUT2D eigenvalue weighted by molar-refractivity contribution is 8.02. The molecule has 0 saturated carbocycles. The summed E-state index contributed by atoms with van der Waals surface area (Å²) in [6.07, 6.45) is -4.80. The van der Waals surface area contributed by atoms with E-state index < -0.39 is 23.1 Å². The molecule has 0 heterocycles. The van der Waals surface area contributed by atoms with Crippen LogP contribution >= 0.6 is 11.8 Å². The third kappa shape index (κ3) is 4.83. The van der Waals surface area contributed by atoms with Crippen molar-refractivity contribution in [1.29, 1.82) is 5.26 Å². The summed E-state index contributed by atoms with van der Waals surface area (Å²) in [7, 11) is 1.44. The maximum atomic E-state index is 13.5. The van der Waals surface area contributed by atoms with Crippen LogP contribution in [0.4, 0.5) is 13.2 Å². The normalized spacial score (nSPS) is 13.0. The first kappa shape index (κ1) is 19.5. The summed E-state index contributed by atoms with van der Waals surface area (Å²) < 4.78 is 45.3. The summed E-state index contributed by atoms with van der Waals surface area (Å²) in [5.41, 5.74) is -1.96. The lowest BCUT2D eigenvalue weighted by atomic mass is 10.0. The van der Waals surface area contributed by atoms with Gasteiger partial charge >= 0.3 is 6.18 Å². The van der Waals surface area contributed by atoms with Gasteiger partial charge in [-0.2, -0.15) is 18.4 Å². The number of thioether (sulfide) groups is 1. The number of allylic oxidation sites excluding steroid dienone is 2. The Kier molecular flexibility index (Phi) is 6.36. The number of methoxy groups -OCH3 is 1. The Hall–Kier alpha value is -2.85. The zero-order chi connectivity index (χ0) is 19.2. The monoisotopic (exact) mass is 377 g/mol. The van der Waals surface area contributed by atoms with Crippen LogP contribution in [0.1, 0.15) is 5.56 Å². The molecule has 26 heavy (non-hydrogen) atoms. The molecule has 0 bridgehead atoms. The number of hydrogen-bond donors (Lipinski definition) is 1. The third-order valence-electron chi connectivity index (χ3n) is 3.34. The molecule has 0 spiro atoms. The highest BCUT2D eigenvalue weighted by Gasteiger charge is 2.38. The predicted octanol–water partition coefficient (Wildman–Crippen LogP) is 5.73. The highest BCUT2D eigenvalue weighted by atomic mass is 32.2. The van der Waals surface area contributed by atoms with Gasteiger partial charge in [0, 0.05) is 10.5 Å². The van der Waals surface area contributed by atoms with Crippen molar-refractivity contribution < 1.29 is 23.0 Å². The molecule has 0 amide bonds. The van der Waals surface area contributed by atoms with Crippen LogP contribution in [0.2, 0.25) is 0 Å². The first-order chi connectivity index (χ1) is 12.4. The SMILES string of the molecule is COc1ccc(/C(O)=C(C#N)/C(=C\Sc2ccccc2)C(F)(F)F)cc1. The number of aliphatic hydroxyl groups is 1. The van der Waals surface area contributed by atoms with E-state index in [9.17, 15) is 23.5 Å². The minimum atomic E-state index is -4.80. The summed E-state index contributed by atoms with van der Waals surface area (Å²) in [6.45, 7) is 0. The van der Waals surface area contributed by atoms with Crippen LogP contribution in [-0.4, -0.2) is 18.4 Å². The van der Waals surface area contributed by atoms with Crippen molar-refractivity contribution >= 4 is 17.5 Å². The number of nitrogens with zero attached hydrogens (tertiary/aromatic N) is 1. The number of alkyl halides is 3. The van der Waals surface area contributed by atoms with Gasteiger partial charge in [0.05, 0.1) is 12.7 Å². The van der Waals surface area contributed by atoms with Crippen LogP contribution in [0.3, 0.4) is 0 Å². The van der Waals surface area contributed by atoms with E-state index >= 15 is 0 Å². The van der Waals surface area contributed by atoms with Gasteiger partial charge in [0.1, 0.15) is 23.2 Å². The van der Waals surface area contributed by atoms with Gasteiger partial charge in [0.15, 0.2) is 0 Å². The molecule has 0 aliphatic carbocycles. The van der Waals surface area contributed by atoms with Crippen molar-refractivity contribution in [2.45, 2.75) is 11.1 Å². The van der Waals surface area contributed by atoms with Crippen molar-refractivity contribution in [3.05, 3.63) is 76.7 Å². The second-order valence-corrected chi connectivity index (χ2v) is 5.97. The lowest BCUT2D eigenvalue weighted by molar-refractivity contribution is -0.0887. The van der Waals surface area contributed by atoms with E-state index in [1.54, 1.807) is 30.3 Å². The van der Waals surface area contributed by atoms with Crippen LogP contribution in [-0.2, 0) is 0 Å². The fourth-order valence-electron chi connectivity index (χ4n) is 2.03. The molecular formula is C19H14F3NO2S. The van der Waals surface area contributed by atoms with Gasteiger partial charge in [0.2, 0.25) is 0 Å². The second-order valence-electron chi connectivity index (χ2n) is 5.02. The molecule has 2 aromatic carbocycles. The first-order valence-electron chi connectivity index (χ1n) is 7.34. The summed E-state index contributed by atoms with van der Waals surface area (Å²) >= 11 is 0.819. The maximum Gasteiger partial charge on any atom is 0.418 e. The predicted molar refractivity (Wildman–Crippen MR) is 94.6 cm³/mol. The number of benzene rings is 2. The molecule has 2 rings (SSSR count). The van der Waals surface area contributed by atoms with Crippen LogP contribution < -0.4 is 4.74 Å². The zero-order valence-corrected chi connectivity index (χ0v) is 14.4. The van der Waals surface area contributed by atoms with E-state index in [0.717, 1.165) is 17.2 Å². The van der Waals surface area contributed by atoms with Crippen molar-refractivity contribution in [3.63, 3.8) is 0 Å². The van der Waals surface area contributed by atoms with Crippen LogP contribution in [0.15, 0.2) is 76.0 Å². The van der Waals surface area contributed by atoms with Gasteiger partial charge in [0.25, 0.3) is 0 Å². The lowest BCUT2D eigenvalue weighted by Crippen LogP contribution is -2.14. The van der Waals surface area contributed by atoms with Gasteiger partial charge in [-0.25, -0.2) is 0 Å². The minimum Gasteiger partial charge on any atom is -0.506 e. The number of rotatable bonds is 5. The van der Waals surface area contributed by atoms with E-state index in [0.29, 0.717) is 10.6 Å². The largest absolute Gasteiger partial charge is 0.506 e. The van der Waals surface area contributed by atoms with Gasteiger partial charge in [-0.3, -0.25) is 0 Å². The van der Waals surface area contributed by atoms with Crippen LogP contribution in [0.25, 0.3) is 5.76 Å². The van der Waals surface area contributed by atoms with Crippen molar-refractivity contribution in [2.75, 3.05) is 7.11 Å². The van der Waals surface area contributed by atoms with E-state index in [1.807, 2.05) is 0 Å². The Labute approximate surface area is 153 Å². The number of hydrogen-bond acceptors (Lipinski definition) is 4. The summed E-state index contributed by atoms with van der Waals surface area (Å²) in [5, 5.41) is 20.3. The quantitative estimate of drug-likeness (QED) is 0.313. The number of halogens is 3. The molecular weight excluding hydrogens is 363 g/mol. The molecule has 134 valence electrons. The fraction of sp³-hybridized carbons (Fsp3) is 0.105. The van der Waals surface area contributed by atoms with Gasteiger partial charge in [-0.05, 0) is 41.8 Å². The Morgan fingerprint density at radius 1 is 1.12 bits per heavy atom. The summed E-state index contributed by atoms with van der Waals surface area (Å²) in [4.78, 5) is 0.579. The fourth-order valence-corrected chi connectivity index (χ4v) is 2.85. The molecule has 0 unspecified atom stereocenters. The van der Waals surface area contributed by atoms with Crippen LogP contribution in [0, 0.1) is 11.3 Å². The Balaban J connectivity index is 2.47. The topological polar surface area (TPSA) is 53.2 Å². The molecule has 0 saturated heterocycles. The molecule has 7 heteroatoms. The molecule has 1 N–H and O–H groups in total. The molecule has 0 aromatic heterocycles. The highest BCUT2D eigenvalue weighted by Crippen LogP contribution is 2.37. The standard InChI is InChI=1S/C19H14F3NO2S/c1-25-14-9-7-13(8-10-14)18(24)16(11-23)17(19(20,21)22)12-26-15-5-3-2-4-6-15/h2-10,12,24H,1H3/b17-12+,18-16-.